The van der Waals surface area contributed by atoms with Crippen LogP contribution in [0.15, 0.2) is 54.9 Å². The molecule has 2 heterocycles. The van der Waals surface area contributed by atoms with Crippen molar-refractivity contribution in [3.8, 4) is 0 Å². The van der Waals surface area contributed by atoms with E-state index in [4.69, 9.17) is 0 Å². The van der Waals surface area contributed by atoms with Gasteiger partial charge in [-0.3, -0.25) is 14.4 Å². The van der Waals surface area contributed by atoms with Crippen LogP contribution < -0.4 is 10.6 Å². The molecule has 0 bridgehead atoms. The molecule has 10 heteroatoms. The van der Waals surface area contributed by atoms with Crippen LogP contribution in [0.2, 0.25) is 0 Å². The lowest BCUT2D eigenvalue weighted by Crippen LogP contribution is -2.64. The molecule has 0 saturated heterocycles. The van der Waals surface area contributed by atoms with Crippen molar-refractivity contribution in [3.05, 3.63) is 89.0 Å². The van der Waals surface area contributed by atoms with E-state index >= 15 is 0 Å². The van der Waals surface area contributed by atoms with Crippen LogP contribution in [0, 0.1) is 11.6 Å². The van der Waals surface area contributed by atoms with Gasteiger partial charge in [0, 0.05) is 24.7 Å². The van der Waals surface area contributed by atoms with E-state index in [-0.39, 0.29) is 48.8 Å². The minimum absolute atomic E-state index is 0.0537. The summed E-state index contributed by atoms with van der Waals surface area (Å²) in [7, 11) is 0. The van der Waals surface area contributed by atoms with Crippen LogP contribution in [-0.2, 0) is 24.4 Å². The average molecular weight is 494 g/mol. The summed E-state index contributed by atoms with van der Waals surface area (Å²) in [5.74, 6) is -2.20. The third-order valence-electron chi connectivity index (χ3n) is 6.65. The van der Waals surface area contributed by atoms with Gasteiger partial charge >= 0.3 is 0 Å². The molecule has 1 aliphatic heterocycles. The van der Waals surface area contributed by atoms with Crippen LogP contribution in [0.4, 0.5) is 8.78 Å². The number of hydrogen-bond acceptors (Lipinski definition) is 4. The van der Waals surface area contributed by atoms with Gasteiger partial charge < -0.3 is 20.1 Å². The molecule has 36 heavy (non-hydrogen) atoms. The zero-order valence-corrected chi connectivity index (χ0v) is 19.6. The number of benzene rings is 2. The fourth-order valence-electron chi connectivity index (χ4n) is 4.60. The van der Waals surface area contributed by atoms with Gasteiger partial charge in [-0.1, -0.05) is 30.3 Å². The van der Waals surface area contributed by atoms with Crippen molar-refractivity contribution in [3.63, 3.8) is 0 Å². The second-order valence-electron chi connectivity index (χ2n) is 9.33. The predicted octanol–water partition coefficient (Wildman–Crippen LogP) is 2.78. The Morgan fingerprint density at radius 2 is 1.78 bits per heavy atom. The van der Waals surface area contributed by atoms with Gasteiger partial charge in [-0.25, -0.2) is 13.8 Å². The Morgan fingerprint density at radius 1 is 1.06 bits per heavy atom. The second kappa shape index (κ2) is 9.18. The third kappa shape index (κ3) is 4.34. The minimum atomic E-state index is -1.20. The van der Waals surface area contributed by atoms with Crippen LogP contribution in [0.25, 0.3) is 0 Å². The molecule has 3 amide bonds. The summed E-state index contributed by atoms with van der Waals surface area (Å²) >= 11 is 0. The summed E-state index contributed by atoms with van der Waals surface area (Å²) in [6.07, 6.45) is 2.89. The van der Waals surface area contributed by atoms with Gasteiger partial charge in [0.2, 0.25) is 5.91 Å². The molecule has 2 aromatic carbocycles. The highest BCUT2D eigenvalue weighted by atomic mass is 19.1. The van der Waals surface area contributed by atoms with Crippen molar-refractivity contribution in [2.75, 3.05) is 0 Å². The van der Waals surface area contributed by atoms with Crippen LogP contribution in [0.1, 0.15) is 51.9 Å². The van der Waals surface area contributed by atoms with E-state index in [9.17, 15) is 23.2 Å². The Bertz CT molecular complexity index is 1340. The second-order valence-corrected chi connectivity index (χ2v) is 9.33. The van der Waals surface area contributed by atoms with Gasteiger partial charge in [-0.05, 0) is 43.5 Å². The summed E-state index contributed by atoms with van der Waals surface area (Å²) in [5.41, 5.74) is -0.110. The number of hydrogen-bond donors (Lipinski definition) is 2. The van der Waals surface area contributed by atoms with Crippen molar-refractivity contribution in [2.24, 2.45) is 0 Å². The first-order valence-electron chi connectivity index (χ1n) is 11.7. The lowest BCUT2D eigenvalue weighted by atomic mass is 9.93. The molecule has 1 atom stereocenters. The van der Waals surface area contributed by atoms with Crippen LogP contribution in [0.5, 0.6) is 0 Å². The zero-order chi connectivity index (χ0) is 25.4. The number of nitrogens with one attached hydrogen (secondary N) is 2. The number of amides is 3. The molecule has 186 valence electrons. The van der Waals surface area contributed by atoms with Crippen LogP contribution in [0.3, 0.4) is 0 Å². The molecular weight excluding hydrogens is 468 g/mol. The lowest BCUT2D eigenvalue weighted by molar-refractivity contribution is -0.133. The molecule has 5 rings (SSSR count). The molecule has 2 N–H and O–H groups in total. The molecule has 3 aromatic rings. The number of halogens is 2. The summed E-state index contributed by atoms with van der Waals surface area (Å²) in [4.78, 5) is 45.6. The Labute approximate surface area is 206 Å². The summed E-state index contributed by atoms with van der Waals surface area (Å²) in [5, 5.41) is 5.49. The monoisotopic (exact) mass is 493 g/mol. The van der Waals surface area contributed by atoms with Gasteiger partial charge in [0.05, 0.1) is 12.9 Å². The summed E-state index contributed by atoms with van der Waals surface area (Å²) < 4.78 is 28.6. The maximum atomic E-state index is 13.9. The summed E-state index contributed by atoms with van der Waals surface area (Å²) in [6, 6.07) is 11.8. The fraction of sp³-hybridized carbons (Fsp3) is 0.308. The van der Waals surface area contributed by atoms with E-state index < -0.39 is 23.2 Å². The smallest absolute Gasteiger partial charge is 0.274 e. The molecule has 1 saturated carbocycles. The van der Waals surface area contributed by atoms with Crippen molar-refractivity contribution in [1.82, 2.24) is 25.1 Å². The molecule has 0 radical (unpaired) electrons. The zero-order valence-electron chi connectivity index (χ0n) is 19.6. The molecule has 2 aliphatic rings. The molecular formula is C26H25F2N5O3. The van der Waals surface area contributed by atoms with E-state index in [0.717, 1.165) is 18.4 Å². The average Bonchev–Trinajstić information content (AvgIpc) is 3.60. The number of fused-ring (bicyclic) bond motifs is 1. The first-order valence-corrected chi connectivity index (χ1v) is 11.7. The third-order valence-corrected chi connectivity index (χ3v) is 6.65. The predicted molar refractivity (Wildman–Crippen MR) is 126 cm³/mol. The number of nitrogens with zero attached hydrogens (tertiary/aromatic N) is 3. The lowest BCUT2D eigenvalue weighted by Gasteiger charge is -2.44. The number of carbonyl (C=O) groups excluding carboxylic acids is 3. The number of imidazole rings is 1. The van der Waals surface area contributed by atoms with E-state index in [2.05, 4.69) is 15.6 Å². The van der Waals surface area contributed by atoms with Crippen LogP contribution >= 0.6 is 0 Å². The van der Waals surface area contributed by atoms with E-state index in [1.54, 1.807) is 42.2 Å². The largest absolute Gasteiger partial charge is 0.350 e. The van der Waals surface area contributed by atoms with E-state index in [1.165, 1.54) is 29.1 Å². The molecule has 1 aromatic heterocycles. The SMILES string of the molecule is C[C@@]1(C(=O)NCc2ccc(F)cc2)Cn2cnc(C(=O)NCc3ccccc3F)c2C(=O)N1C1CC1. The maximum absolute atomic E-state index is 13.9. The number of carbonyl (C=O) groups is 3. The van der Waals surface area contributed by atoms with Gasteiger partial charge in [-0.15, -0.1) is 0 Å². The van der Waals surface area contributed by atoms with E-state index in [0.29, 0.717) is 5.56 Å². The molecule has 8 nitrogen and oxygen atoms in total. The minimum Gasteiger partial charge on any atom is -0.350 e. The Balaban J connectivity index is 1.36. The Morgan fingerprint density at radius 3 is 2.47 bits per heavy atom. The first kappa shape index (κ1) is 23.7. The normalized spacial score (nSPS) is 19.1. The van der Waals surface area contributed by atoms with E-state index in [1.807, 2.05) is 0 Å². The highest BCUT2D eigenvalue weighted by molar-refractivity contribution is 6.07. The van der Waals surface area contributed by atoms with Gasteiger partial charge in [-0.2, -0.15) is 0 Å². The summed E-state index contributed by atoms with van der Waals surface area (Å²) in [6.45, 7) is 1.95. The number of rotatable bonds is 7. The van der Waals surface area contributed by atoms with Crippen molar-refractivity contribution >= 4 is 17.7 Å². The molecule has 1 fully saturated rings. The molecule has 0 spiro atoms. The van der Waals surface area contributed by atoms with Crippen LogP contribution in [-0.4, -0.2) is 43.8 Å². The van der Waals surface area contributed by atoms with Gasteiger partial charge in [0.25, 0.3) is 11.8 Å². The standard InChI is InChI=1S/C26H25F2N5O3/c1-26(25(36)30-12-16-6-8-18(27)9-7-16)14-32-15-31-21(22(32)24(35)33(26)19-10-11-19)23(34)29-13-17-4-2-3-5-20(17)28/h2-9,15,19H,10-14H2,1H3,(H,29,34)(H,30,36)/t26-/m0/s1. The Hall–Kier alpha value is -4.08. The molecule has 1 aliphatic carbocycles. The highest BCUT2D eigenvalue weighted by Crippen LogP contribution is 2.38. The topological polar surface area (TPSA) is 96.3 Å². The Kier molecular flexibility index (Phi) is 6.03. The number of aromatic nitrogens is 2. The quantitative estimate of drug-likeness (QED) is 0.529. The van der Waals surface area contributed by atoms with Gasteiger partial charge in [0.1, 0.15) is 22.9 Å². The van der Waals surface area contributed by atoms with Crippen molar-refractivity contribution in [1.29, 1.82) is 0 Å². The molecule has 0 unspecified atom stereocenters. The highest BCUT2D eigenvalue weighted by Gasteiger charge is 2.53. The maximum Gasteiger partial charge on any atom is 0.274 e. The fourth-order valence-corrected chi connectivity index (χ4v) is 4.60. The van der Waals surface area contributed by atoms with Crippen molar-refractivity contribution in [2.45, 2.75) is 51.0 Å². The van der Waals surface area contributed by atoms with Gasteiger partial charge in [0.15, 0.2) is 5.69 Å². The first-order chi connectivity index (χ1) is 17.3. The van der Waals surface area contributed by atoms with Crippen molar-refractivity contribution < 1.29 is 23.2 Å².